The van der Waals surface area contributed by atoms with Crippen LogP contribution in [0.15, 0.2) is 18.2 Å². The van der Waals surface area contributed by atoms with Gasteiger partial charge < -0.3 is 9.80 Å². The Bertz CT molecular complexity index is 697. The molecule has 5 nitrogen and oxygen atoms in total. The average molecular weight is 429 g/mol. The van der Waals surface area contributed by atoms with Crippen molar-refractivity contribution in [2.45, 2.75) is 18.4 Å². The Morgan fingerprint density at radius 3 is 2.31 bits per heavy atom. The average Bonchev–Trinajstić information content (AvgIpc) is 2.96. The summed E-state index contributed by atoms with van der Waals surface area (Å²) in [6, 6.07) is 3.98. The van der Waals surface area contributed by atoms with E-state index in [2.05, 4.69) is 5.32 Å². The number of alkyl halides is 2. The van der Waals surface area contributed by atoms with Crippen LogP contribution in [0, 0.1) is 0 Å². The zero-order valence-corrected chi connectivity index (χ0v) is 16.0. The van der Waals surface area contributed by atoms with Crippen molar-refractivity contribution >= 4 is 47.4 Å². The lowest BCUT2D eigenvalue weighted by Crippen LogP contribution is -2.54. The van der Waals surface area contributed by atoms with Crippen LogP contribution in [0.4, 0.5) is 8.78 Å². The quantitative estimate of drug-likeness (QED) is 0.788. The first kappa shape index (κ1) is 21.2. The molecule has 0 aliphatic carbocycles. The standard InChI is InChI=1S/C16H17Cl2F2N3O2.ClH/c17-11-3-1-2-10(13(11)18)14(24)22-4-6-23(7-5-22)15(25)12-8-16(19,20)9-21-12;/h1-3,12,21H,4-9H2;1H. The second-order valence-electron chi connectivity index (χ2n) is 6.21. The van der Waals surface area contributed by atoms with Gasteiger partial charge in [0, 0.05) is 32.6 Å². The molecule has 3 rings (SSSR count). The molecule has 10 heteroatoms. The fraction of sp³-hybridized carbons (Fsp3) is 0.500. The molecule has 2 fully saturated rings. The van der Waals surface area contributed by atoms with Crippen molar-refractivity contribution in [2.24, 2.45) is 0 Å². The molecule has 144 valence electrons. The Kier molecular flexibility index (Phi) is 6.71. The molecule has 1 aromatic rings. The summed E-state index contributed by atoms with van der Waals surface area (Å²) >= 11 is 12.0. The summed E-state index contributed by atoms with van der Waals surface area (Å²) < 4.78 is 26.5. The van der Waals surface area contributed by atoms with Gasteiger partial charge in [-0.3, -0.25) is 14.9 Å². The number of nitrogens with zero attached hydrogens (tertiary/aromatic N) is 2. The van der Waals surface area contributed by atoms with E-state index >= 15 is 0 Å². The van der Waals surface area contributed by atoms with Crippen LogP contribution in [0.2, 0.25) is 10.0 Å². The number of hydrogen-bond donors (Lipinski definition) is 1. The van der Waals surface area contributed by atoms with Crippen molar-refractivity contribution < 1.29 is 18.4 Å². The molecular weight excluding hydrogens is 411 g/mol. The van der Waals surface area contributed by atoms with E-state index in [1.54, 1.807) is 23.1 Å². The zero-order valence-electron chi connectivity index (χ0n) is 13.7. The number of piperazine rings is 1. The molecule has 2 aliphatic heterocycles. The smallest absolute Gasteiger partial charge is 0.262 e. The van der Waals surface area contributed by atoms with E-state index in [1.165, 1.54) is 4.90 Å². The van der Waals surface area contributed by atoms with E-state index in [1.807, 2.05) is 0 Å². The largest absolute Gasteiger partial charge is 0.338 e. The number of carbonyl (C=O) groups is 2. The predicted octanol–water partition coefficient (Wildman–Crippen LogP) is 2.70. The summed E-state index contributed by atoms with van der Waals surface area (Å²) in [6.45, 7) is 0.751. The second kappa shape index (κ2) is 8.25. The van der Waals surface area contributed by atoms with Crippen LogP contribution in [0.5, 0.6) is 0 Å². The lowest BCUT2D eigenvalue weighted by molar-refractivity contribution is -0.135. The first-order valence-electron chi connectivity index (χ1n) is 7.92. The van der Waals surface area contributed by atoms with Crippen molar-refractivity contribution in [1.29, 1.82) is 0 Å². The van der Waals surface area contributed by atoms with Gasteiger partial charge in [-0.15, -0.1) is 12.4 Å². The number of benzene rings is 1. The maximum Gasteiger partial charge on any atom is 0.262 e. The predicted molar refractivity (Wildman–Crippen MR) is 97.5 cm³/mol. The molecule has 1 N–H and O–H groups in total. The van der Waals surface area contributed by atoms with Crippen LogP contribution >= 0.6 is 35.6 Å². The molecular formula is C16H18Cl3F2N3O2. The molecule has 1 aromatic carbocycles. The Morgan fingerprint density at radius 2 is 1.73 bits per heavy atom. The van der Waals surface area contributed by atoms with Gasteiger partial charge in [0.25, 0.3) is 11.8 Å². The summed E-state index contributed by atoms with van der Waals surface area (Å²) in [7, 11) is 0. The van der Waals surface area contributed by atoms with Gasteiger partial charge in [0.05, 0.1) is 28.2 Å². The SMILES string of the molecule is Cl.O=C(c1cccc(Cl)c1Cl)N1CCN(C(=O)C2CC(F)(F)CN2)CC1. The number of hydrogen-bond acceptors (Lipinski definition) is 3. The normalized spacial score (nSPS) is 22.1. The highest BCUT2D eigenvalue weighted by atomic mass is 35.5. The molecule has 0 aromatic heterocycles. The third-order valence-electron chi connectivity index (χ3n) is 4.47. The van der Waals surface area contributed by atoms with E-state index < -0.39 is 24.9 Å². The first-order chi connectivity index (χ1) is 11.8. The van der Waals surface area contributed by atoms with E-state index in [0.717, 1.165) is 0 Å². The van der Waals surface area contributed by atoms with Gasteiger partial charge in [0.1, 0.15) is 0 Å². The fourth-order valence-electron chi connectivity index (χ4n) is 3.08. The van der Waals surface area contributed by atoms with Crippen molar-refractivity contribution in [3.05, 3.63) is 33.8 Å². The van der Waals surface area contributed by atoms with Gasteiger partial charge in [0.15, 0.2) is 0 Å². The minimum absolute atomic E-state index is 0. The zero-order chi connectivity index (χ0) is 18.2. The third-order valence-corrected chi connectivity index (χ3v) is 5.29. The number of rotatable bonds is 2. The summed E-state index contributed by atoms with van der Waals surface area (Å²) in [5.41, 5.74) is 0.311. The topological polar surface area (TPSA) is 52.7 Å². The van der Waals surface area contributed by atoms with E-state index in [0.29, 0.717) is 36.8 Å². The van der Waals surface area contributed by atoms with Gasteiger partial charge in [-0.05, 0) is 12.1 Å². The van der Waals surface area contributed by atoms with Gasteiger partial charge in [0.2, 0.25) is 5.91 Å². The monoisotopic (exact) mass is 427 g/mol. The van der Waals surface area contributed by atoms with Crippen LogP contribution in [0.1, 0.15) is 16.8 Å². The Labute approximate surface area is 166 Å². The van der Waals surface area contributed by atoms with Gasteiger partial charge >= 0.3 is 0 Å². The number of halogens is 5. The van der Waals surface area contributed by atoms with Crippen LogP contribution in [-0.4, -0.2) is 66.3 Å². The second-order valence-corrected chi connectivity index (χ2v) is 7.00. The Balaban J connectivity index is 0.00000243. The number of nitrogens with one attached hydrogen (secondary N) is 1. The molecule has 1 unspecified atom stereocenters. The Hall–Kier alpha value is -1.15. The van der Waals surface area contributed by atoms with E-state index in [-0.39, 0.29) is 29.2 Å². The molecule has 2 heterocycles. The van der Waals surface area contributed by atoms with Crippen molar-refractivity contribution in [3.8, 4) is 0 Å². The van der Waals surface area contributed by atoms with Crippen molar-refractivity contribution in [2.75, 3.05) is 32.7 Å². The molecule has 2 amide bonds. The Morgan fingerprint density at radius 1 is 1.12 bits per heavy atom. The fourth-order valence-corrected chi connectivity index (χ4v) is 3.46. The molecule has 26 heavy (non-hydrogen) atoms. The molecule has 0 spiro atoms. The van der Waals surface area contributed by atoms with E-state index in [9.17, 15) is 18.4 Å². The maximum absolute atomic E-state index is 13.2. The van der Waals surface area contributed by atoms with Crippen molar-refractivity contribution in [3.63, 3.8) is 0 Å². The lowest BCUT2D eigenvalue weighted by atomic mass is 10.1. The van der Waals surface area contributed by atoms with E-state index in [4.69, 9.17) is 23.2 Å². The summed E-state index contributed by atoms with van der Waals surface area (Å²) in [4.78, 5) is 28.0. The summed E-state index contributed by atoms with van der Waals surface area (Å²) in [5, 5.41) is 3.06. The highest BCUT2D eigenvalue weighted by molar-refractivity contribution is 6.43. The van der Waals surface area contributed by atoms with Crippen LogP contribution in [0.25, 0.3) is 0 Å². The maximum atomic E-state index is 13.2. The first-order valence-corrected chi connectivity index (χ1v) is 8.67. The highest BCUT2D eigenvalue weighted by Crippen LogP contribution is 2.28. The summed E-state index contributed by atoms with van der Waals surface area (Å²) in [5.74, 6) is -3.45. The minimum atomic E-state index is -2.85. The summed E-state index contributed by atoms with van der Waals surface area (Å²) in [6.07, 6.45) is -0.483. The van der Waals surface area contributed by atoms with Gasteiger partial charge in [-0.25, -0.2) is 8.78 Å². The molecule has 2 saturated heterocycles. The molecule has 0 saturated carbocycles. The molecule has 2 aliphatic rings. The molecule has 0 radical (unpaired) electrons. The minimum Gasteiger partial charge on any atom is -0.338 e. The number of amides is 2. The van der Waals surface area contributed by atoms with Crippen LogP contribution < -0.4 is 5.32 Å². The molecule has 0 bridgehead atoms. The number of carbonyl (C=O) groups excluding carboxylic acids is 2. The van der Waals surface area contributed by atoms with Gasteiger partial charge in [-0.1, -0.05) is 29.3 Å². The third kappa shape index (κ3) is 4.39. The van der Waals surface area contributed by atoms with Crippen LogP contribution in [-0.2, 0) is 4.79 Å². The van der Waals surface area contributed by atoms with Gasteiger partial charge in [-0.2, -0.15) is 0 Å². The molecule has 1 atom stereocenters. The van der Waals surface area contributed by atoms with Crippen molar-refractivity contribution in [1.82, 2.24) is 15.1 Å². The highest BCUT2D eigenvalue weighted by Gasteiger charge is 2.44. The lowest BCUT2D eigenvalue weighted by Gasteiger charge is -2.36. The van der Waals surface area contributed by atoms with Crippen LogP contribution in [0.3, 0.4) is 0 Å².